The molecule has 0 aliphatic rings. The molecular weight excluding hydrogens is 250 g/mol. The molecule has 0 aromatic heterocycles. The average molecular weight is 267 g/mol. The van der Waals surface area contributed by atoms with E-state index in [0.29, 0.717) is 0 Å². The van der Waals surface area contributed by atoms with Gasteiger partial charge in [0.15, 0.2) is 0 Å². The maximum absolute atomic E-state index is 9.31. The van der Waals surface area contributed by atoms with Crippen molar-refractivity contribution in [1.82, 2.24) is 0 Å². The van der Waals surface area contributed by atoms with E-state index in [1.54, 1.807) is 11.8 Å². The fourth-order valence-electron chi connectivity index (χ4n) is 2.03. The van der Waals surface area contributed by atoms with Gasteiger partial charge in [-0.25, -0.2) is 0 Å². The topological polar surface area (TPSA) is 23.8 Å². The first kappa shape index (κ1) is 13.7. The second-order valence-electron chi connectivity index (χ2n) is 4.67. The molecule has 2 heteroatoms. The van der Waals surface area contributed by atoms with Crippen LogP contribution in [0.1, 0.15) is 22.6 Å². The maximum Gasteiger partial charge on any atom is 0.0806 e. The predicted octanol–water partition coefficient (Wildman–Crippen LogP) is 4.70. The molecule has 19 heavy (non-hydrogen) atoms. The quantitative estimate of drug-likeness (QED) is 0.749. The van der Waals surface area contributed by atoms with Crippen molar-refractivity contribution >= 4 is 11.8 Å². The number of rotatable bonds is 4. The smallest absolute Gasteiger partial charge is 0.0806 e. The molecular formula is C17H17NS. The fraction of sp³-hybridized carbons (Fsp3) is 0.235. The first-order chi connectivity index (χ1) is 9.20. The van der Waals surface area contributed by atoms with E-state index in [9.17, 15) is 5.26 Å². The molecule has 1 atom stereocenters. The highest BCUT2D eigenvalue weighted by molar-refractivity contribution is 7.99. The minimum absolute atomic E-state index is 0.0492. The zero-order chi connectivity index (χ0) is 13.7. The van der Waals surface area contributed by atoms with E-state index in [1.807, 2.05) is 30.3 Å². The molecule has 0 radical (unpaired) electrons. The number of hydrogen-bond acceptors (Lipinski definition) is 2. The van der Waals surface area contributed by atoms with Gasteiger partial charge in [0.1, 0.15) is 0 Å². The van der Waals surface area contributed by atoms with Crippen LogP contribution >= 0.6 is 11.8 Å². The molecule has 0 N–H and O–H groups in total. The molecule has 2 rings (SSSR count). The molecule has 0 bridgehead atoms. The van der Waals surface area contributed by atoms with Gasteiger partial charge in [-0.05, 0) is 31.0 Å². The predicted molar refractivity (Wildman–Crippen MR) is 81.4 cm³/mol. The summed E-state index contributed by atoms with van der Waals surface area (Å²) in [7, 11) is 0. The Morgan fingerprint density at radius 3 is 2.47 bits per heavy atom. The normalized spacial score (nSPS) is 11.8. The summed E-state index contributed by atoms with van der Waals surface area (Å²) in [6.45, 7) is 4.22. The summed E-state index contributed by atoms with van der Waals surface area (Å²) in [5.41, 5.74) is 3.67. The molecule has 1 nitrogen and oxygen atoms in total. The van der Waals surface area contributed by atoms with Crippen LogP contribution in [0.2, 0.25) is 0 Å². The molecule has 0 fully saturated rings. The molecule has 0 aliphatic heterocycles. The van der Waals surface area contributed by atoms with Crippen LogP contribution in [0.5, 0.6) is 0 Å². The summed E-state index contributed by atoms with van der Waals surface area (Å²) in [6.07, 6.45) is 0. The van der Waals surface area contributed by atoms with Crippen molar-refractivity contribution in [2.75, 3.05) is 5.75 Å². The van der Waals surface area contributed by atoms with Crippen molar-refractivity contribution < 1.29 is 0 Å². The number of nitriles is 1. The third-order valence-corrected chi connectivity index (χ3v) is 4.36. The van der Waals surface area contributed by atoms with Gasteiger partial charge in [-0.2, -0.15) is 5.26 Å². The minimum atomic E-state index is -0.0492. The Morgan fingerprint density at radius 2 is 1.84 bits per heavy atom. The van der Waals surface area contributed by atoms with Crippen LogP contribution in [0, 0.1) is 25.2 Å². The van der Waals surface area contributed by atoms with Gasteiger partial charge in [0.25, 0.3) is 0 Å². The van der Waals surface area contributed by atoms with Crippen molar-refractivity contribution in [1.29, 1.82) is 5.26 Å². The lowest BCUT2D eigenvalue weighted by molar-refractivity contribution is 0.995. The van der Waals surface area contributed by atoms with Crippen LogP contribution in [0.15, 0.2) is 53.4 Å². The Kier molecular flexibility index (Phi) is 4.65. The number of benzene rings is 2. The summed E-state index contributed by atoms with van der Waals surface area (Å²) in [4.78, 5) is 1.27. The van der Waals surface area contributed by atoms with Crippen molar-refractivity contribution in [2.24, 2.45) is 0 Å². The second kappa shape index (κ2) is 6.45. The Labute approximate surface area is 119 Å². The fourth-order valence-corrected chi connectivity index (χ4v) is 3.09. The van der Waals surface area contributed by atoms with Crippen molar-refractivity contribution in [3.8, 4) is 6.07 Å². The molecule has 0 spiro atoms. The molecule has 0 amide bonds. The van der Waals surface area contributed by atoms with E-state index in [2.05, 4.69) is 38.1 Å². The molecule has 0 saturated heterocycles. The highest BCUT2D eigenvalue weighted by atomic mass is 32.2. The van der Waals surface area contributed by atoms with E-state index in [-0.39, 0.29) is 5.92 Å². The third-order valence-electron chi connectivity index (χ3n) is 3.09. The SMILES string of the molecule is Cc1ccc(SCC(C#N)c2ccccc2)c(C)c1. The van der Waals surface area contributed by atoms with Gasteiger partial charge in [0, 0.05) is 10.6 Å². The van der Waals surface area contributed by atoms with Crippen LogP contribution in [0.25, 0.3) is 0 Å². The van der Waals surface area contributed by atoms with Crippen LogP contribution in [-0.2, 0) is 0 Å². The van der Waals surface area contributed by atoms with Gasteiger partial charge in [-0.3, -0.25) is 0 Å². The lowest BCUT2D eigenvalue weighted by Crippen LogP contribution is -1.99. The Bertz CT molecular complexity index is 584. The number of thioether (sulfide) groups is 1. The average Bonchev–Trinajstić information content (AvgIpc) is 2.43. The molecule has 0 saturated carbocycles. The summed E-state index contributed by atoms with van der Waals surface area (Å²) in [5.74, 6) is 0.747. The standard InChI is InChI=1S/C17H17NS/c1-13-8-9-17(14(2)10-13)19-12-16(11-18)15-6-4-3-5-7-15/h3-10,16H,12H2,1-2H3. The van der Waals surface area contributed by atoms with Crippen molar-refractivity contribution in [3.05, 3.63) is 65.2 Å². The van der Waals surface area contributed by atoms with E-state index in [4.69, 9.17) is 0 Å². The Hall–Kier alpha value is -1.72. The monoisotopic (exact) mass is 267 g/mol. The minimum Gasteiger partial charge on any atom is -0.198 e. The molecule has 2 aromatic carbocycles. The van der Waals surface area contributed by atoms with E-state index >= 15 is 0 Å². The third kappa shape index (κ3) is 3.62. The van der Waals surface area contributed by atoms with Gasteiger partial charge in [0.2, 0.25) is 0 Å². The first-order valence-corrected chi connectivity index (χ1v) is 7.34. The highest BCUT2D eigenvalue weighted by Gasteiger charge is 2.11. The van der Waals surface area contributed by atoms with Gasteiger partial charge < -0.3 is 0 Å². The second-order valence-corrected chi connectivity index (χ2v) is 5.73. The number of aryl methyl sites for hydroxylation is 2. The summed E-state index contributed by atoms with van der Waals surface area (Å²) in [5, 5.41) is 9.31. The van der Waals surface area contributed by atoms with Gasteiger partial charge in [-0.15, -0.1) is 11.8 Å². The molecule has 1 unspecified atom stereocenters. The molecule has 2 aromatic rings. The first-order valence-electron chi connectivity index (χ1n) is 6.35. The Morgan fingerprint density at radius 1 is 1.11 bits per heavy atom. The van der Waals surface area contributed by atoms with Gasteiger partial charge in [0.05, 0.1) is 12.0 Å². The number of nitrogens with zero attached hydrogens (tertiary/aromatic N) is 1. The van der Waals surface area contributed by atoms with E-state index < -0.39 is 0 Å². The molecule has 0 heterocycles. The largest absolute Gasteiger partial charge is 0.198 e. The van der Waals surface area contributed by atoms with Crippen LogP contribution < -0.4 is 0 Å². The van der Waals surface area contributed by atoms with Crippen LogP contribution in [0.3, 0.4) is 0 Å². The van der Waals surface area contributed by atoms with Crippen LogP contribution in [0.4, 0.5) is 0 Å². The van der Waals surface area contributed by atoms with Crippen molar-refractivity contribution in [2.45, 2.75) is 24.7 Å². The van der Waals surface area contributed by atoms with E-state index in [1.165, 1.54) is 16.0 Å². The molecule has 96 valence electrons. The lowest BCUT2D eigenvalue weighted by Gasteiger charge is -2.11. The van der Waals surface area contributed by atoms with Crippen LogP contribution in [-0.4, -0.2) is 5.75 Å². The highest BCUT2D eigenvalue weighted by Crippen LogP contribution is 2.28. The summed E-state index contributed by atoms with van der Waals surface area (Å²) >= 11 is 1.76. The molecule has 0 aliphatic carbocycles. The zero-order valence-corrected chi connectivity index (χ0v) is 12.1. The van der Waals surface area contributed by atoms with Gasteiger partial charge >= 0.3 is 0 Å². The Balaban J connectivity index is 2.07. The number of hydrogen-bond donors (Lipinski definition) is 0. The summed E-state index contributed by atoms with van der Waals surface area (Å²) in [6, 6.07) is 18.9. The maximum atomic E-state index is 9.31. The van der Waals surface area contributed by atoms with Crippen molar-refractivity contribution in [3.63, 3.8) is 0 Å². The lowest BCUT2D eigenvalue weighted by atomic mass is 10.0. The van der Waals surface area contributed by atoms with E-state index in [0.717, 1.165) is 11.3 Å². The zero-order valence-electron chi connectivity index (χ0n) is 11.3. The summed E-state index contributed by atoms with van der Waals surface area (Å²) < 4.78 is 0. The van der Waals surface area contributed by atoms with Gasteiger partial charge in [-0.1, -0.05) is 48.0 Å².